The Bertz CT molecular complexity index is 969. The van der Waals surface area contributed by atoms with Crippen LogP contribution in [0.5, 0.6) is 0 Å². The number of hydrogen-bond acceptors (Lipinski definition) is 5. The number of carbonyl (C=O) groups is 3. The molecule has 0 unspecified atom stereocenters. The summed E-state index contributed by atoms with van der Waals surface area (Å²) < 4.78 is 6.85. The predicted molar refractivity (Wildman–Crippen MR) is 105 cm³/mol. The van der Waals surface area contributed by atoms with E-state index in [1.807, 2.05) is 41.5 Å². The number of piperazine rings is 1. The third-order valence-corrected chi connectivity index (χ3v) is 6.20. The molecular formula is C21H26N4O4. The molecule has 4 rings (SSSR count). The Morgan fingerprint density at radius 3 is 2.86 bits per heavy atom. The number of imidazole rings is 1. The van der Waals surface area contributed by atoms with Gasteiger partial charge in [-0.2, -0.15) is 0 Å². The highest BCUT2D eigenvalue weighted by atomic mass is 16.5. The summed E-state index contributed by atoms with van der Waals surface area (Å²) in [5.74, 6) is -0.800. The Hall–Kier alpha value is -2.90. The Morgan fingerprint density at radius 1 is 1.34 bits per heavy atom. The Kier molecular flexibility index (Phi) is 5.02. The third-order valence-electron chi connectivity index (χ3n) is 6.20. The Balaban J connectivity index is 1.51. The van der Waals surface area contributed by atoms with E-state index in [9.17, 15) is 14.4 Å². The normalized spacial score (nSPS) is 24.1. The monoisotopic (exact) mass is 398 g/mol. The summed E-state index contributed by atoms with van der Waals surface area (Å²) in [6.07, 6.45) is 5.02. The van der Waals surface area contributed by atoms with Crippen LogP contribution in [0, 0.1) is 12.8 Å². The molecule has 29 heavy (non-hydrogen) atoms. The van der Waals surface area contributed by atoms with Gasteiger partial charge in [-0.25, -0.2) is 4.98 Å². The lowest BCUT2D eigenvalue weighted by atomic mass is 9.97. The second-order valence-electron chi connectivity index (χ2n) is 7.88. The van der Waals surface area contributed by atoms with Crippen molar-refractivity contribution in [2.24, 2.45) is 5.92 Å². The fourth-order valence-corrected chi connectivity index (χ4v) is 4.82. The summed E-state index contributed by atoms with van der Waals surface area (Å²) in [5.41, 5.74) is 2.67. The van der Waals surface area contributed by atoms with Crippen molar-refractivity contribution >= 4 is 23.4 Å². The number of aryl methyl sites for hydroxylation is 1. The molecule has 0 radical (unpaired) electrons. The number of amides is 2. The number of pyridine rings is 1. The van der Waals surface area contributed by atoms with Crippen molar-refractivity contribution in [3.8, 4) is 0 Å². The van der Waals surface area contributed by atoms with Crippen molar-refractivity contribution in [2.75, 3.05) is 20.2 Å². The summed E-state index contributed by atoms with van der Waals surface area (Å²) in [5, 5.41) is 0. The van der Waals surface area contributed by atoms with Crippen LogP contribution in [-0.4, -0.2) is 69.3 Å². The van der Waals surface area contributed by atoms with Crippen molar-refractivity contribution < 1.29 is 19.1 Å². The van der Waals surface area contributed by atoms with Gasteiger partial charge in [0.05, 0.1) is 37.7 Å². The van der Waals surface area contributed by atoms with Crippen LogP contribution >= 0.6 is 0 Å². The molecule has 2 aliphatic rings. The highest BCUT2D eigenvalue weighted by Gasteiger charge is 2.49. The molecule has 2 aromatic rings. The van der Waals surface area contributed by atoms with Crippen molar-refractivity contribution in [2.45, 2.75) is 45.2 Å². The maximum atomic E-state index is 13.0. The van der Waals surface area contributed by atoms with E-state index in [0.29, 0.717) is 19.4 Å². The first-order chi connectivity index (χ1) is 13.9. The van der Waals surface area contributed by atoms with Crippen LogP contribution in [0.15, 0.2) is 24.5 Å². The molecule has 2 aliphatic heterocycles. The number of rotatable bonds is 4. The molecular weight excluding hydrogens is 372 g/mol. The van der Waals surface area contributed by atoms with Crippen LogP contribution < -0.4 is 0 Å². The Labute approximate surface area is 169 Å². The smallest absolute Gasteiger partial charge is 0.310 e. The summed E-state index contributed by atoms with van der Waals surface area (Å²) in [6.45, 7) is 4.45. The van der Waals surface area contributed by atoms with Gasteiger partial charge in [0, 0.05) is 25.0 Å². The first kappa shape index (κ1) is 19.4. The minimum atomic E-state index is -0.323. The van der Waals surface area contributed by atoms with Gasteiger partial charge in [-0.05, 0) is 31.4 Å². The molecule has 154 valence electrons. The van der Waals surface area contributed by atoms with Crippen molar-refractivity contribution in [3.63, 3.8) is 0 Å². The third kappa shape index (κ3) is 3.26. The fourth-order valence-electron chi connectivity index (χ4n) is 4.82. The second-order valence-corrected chi connectivity index (χ2v) is 7.88. The van der Waals surface area contributed by atoms with Crippen LogP contribution in [0.2, 0.25) is 0 Å². The lowest BCUT2D eigenvalue weighted by Crippen LogP contribution is -2.57. The maximum absolute atomic E-state index is 13.0. The first-order valence-corrected chi connectivity index (χ1v) is 10.0. The van der Waals surface area contributed by atoms with Crippen LogP contribution in [0.25, 0.3) is 5.65 Å². The Morgan fingerprint density at radius 2 is 2.14 bits per heavy atom. The van der Waals surface area contributed by atoms with Gasteiger partial charge in [-0.3, -0.25) is 14.4 Å². The summed E-state index contributed by atoms with van der Waals surface area (Å²) in [4.78, 5) is 45.8. The molecule has 0 N–H and O–H groups in total. The molecule has 0 bridgehead atoms. The van der Waals surface area contributed by atoms with E-state index in [-0.39, 0.29) is 48.8 Å². The number of esters is 1. The SMILES string of the molecule is CC[C@H]1[C@@H](C(=O)OC)C[C@H]2CN(C(=O)Cc3cnc4c(C)cccn34)CC(=O)N21. The topological polar surface area (TPSA) is 84.2 Å². The molecule has 2 fully saturated rings. The van der Waals surface area contributed by atoms with Gasteiger partial charge in [-0.15, -0.1) is 0 Å². The number of fused-ring (bicyclic) bond motifs is 2. The van der Waals surface area contributed by atoms with Crippen LogP contribution in [0.3, 0.4) is 0 Å². The van der Waals surface area contributed by atoms with Gasteiger partial charge in [0.25, 0.3) is 0 Å². The van der Waals surface area contributed by atoms with Gasteiger partial charge in [0.15, 0.2) is 0 Å². The second kappa shape index (κ2) is 7.50. The van der Waals surface area contributed by atoms with Gasteiger partial charge >= 0.3 is 5.97 Å². The van der Waals surface area contributed by atoms with E-state index in [4.69, 9.17) is 4.74 Å². The number of hydrogen-bond donors (Lipinski definition) is 0. The number of carbonyl (C=O) groups excluding carboxylic acids is 3. The number of ether oxygens (including phenoxy) is 1. The molecule has 0 saturated carbocycles. The van der Waals surface area contributed by atoms with Crippen LogP contribution in [0.1, 0.15) is 31.0 Å². The van der Waals surface area contributed by atoms with Gasteiger partial charge < -0.3 is 18.9 Å². The largest absolute Gasteiger partial charge is 0.469 e. The molecule has 2 aromatic heterocycles. The number of aromatic nitrogens is 2. The molecule has 0 spiro atoms. The zero-order valence-corrected chi connectivity index (χ0v) is 17.0. The highest BCUT2D eigenvalue weighted by molar-refractivity contribution is 5.88. The van der Waals surface area contributed by atoms with Crippen LogP contribution in [0.4, 0.5) is 0 Å². The van der Waals surface area contributed by atoms with E-state index >= 15 is 0 Å². The molecule has 0 aliphatic carbocycles. The minimum Gasteiger partial charge on any atom is -0.469 e. The standard InChI is InChI=1S/C21H26N4O4/c1-4-17-16(21(28)29-3)8-15-11-23(12-19(27)25(15)17)18(26)9-14-10-22-20-13(2)6-5-7-24(14)20/h5-7,10,15-17H,4,8-9,11-12H2,1-3H3/t15-,16-,17-/m0/s1. The fraction of sp³-hybridized carbons (Fsp3) is 0.524. The lowest BCUT2D eigenvalue weighted by molar-refractivity contribution is -0.150. The molecule has 8 nitrogen and oxygen atoms in total. The lowest BCUT2D eigenvalue weighted by Gasteiger charge is -2.39. The summed E-state index contributed by atoms with van der Waals surface area (Å²) in [7, 11) is 1.38. The zero-order valence-electron chi connectivity index (χ0n) is 17.0. The highest BCUT2D eigenvalue weighted by Crippen LogP contribution is 2.35. The van der Waals surface area contributed by atoms with Gasteiger partial charge in [0.2, 0.25) is 11.8 Å². The quantitative estimate of drug-likeness (QED) is 0.723. The van der Waals surface area contributed by atoms with E-state index in [2.05, 4.69) is 4.98 Å². The molecule has 4 heterocycles. The number of nitrogens with zero attached hydrogens (tertiary/aromatic N) is 4. The van der Waals surface area contributed by atoms with Gasteiger partial charge in [-0.1, -0.05) is 13.0 Å². The zero-order chi connectivity index (χ0) is 20.7. The minimum absolute atomic E-state index is 0.0511. The van der Waals surface area contributed by atoms with Crippen molar-refractivity contribution in [3.05, 3.63) is 35.8 Å². The molecule has 8 heteroatoms. The van der Waals surface area contributed by atoms with E-state index in [0.717, 1.165) is 16.9 Å². The first-order valence-electron chi connectivity index (χ1n) is 10.0. The van der Waals surface area contributed by atoms with Crippen molar-refractivity contribution in [1.29, 1.82) is 0 Å². The summed E-state index contributed by atoms with van der Waals surface area (Å²) in [6, 6.07) is 3.61. The predicted octanol–water partition coefficient (Wildman–Crippen LogP) is 1.20. The molecule has 0 aromatic carbocycles. The maximum Gasteiger partial charge on any atom is 0.310 e. The number of methoxy groups -OCH3 is 1. The van der Waals surface area contributed by atoms with E-state index in [1.54, 1.807) is 11.1 Å². The van der Waals surface area contributed by atoms with Crippen LogP contribution in [-0.2, 0) is 25.5 Å². The molecule has 3 atom stereocenters. The molecule has 2 amide bonds. The van der Waals surface area contributed by atoms with E-state index in [1.165, 1.54) is 7.11 Å². The van der Waals surface area contributed by atoms with Crippen molar-refractivity contribution in [1.82, 2.24) is 19.2 Å². The average Bonchev–Trinajstić information content (AvgIpc) is 3.29. The van der Waals surface area contributed by atoms with Gasteiger partial charge in [0.1, 0.15) is 5.65 Å². The average molecular weight is 398 g/mol. The summed E-state index contributed by atoms with van der Waals surface area (Å²) >= 11 is 0. The van der Waals surface area contributed by atoms with E-state index < -0.39 is 0 Å². The molecule has 2 saturated heterocycles.